The van der Waals surface area contributed by atoms with Crippen LogP contribution in [0.2, 0.25) is 0 Å². The van der Waals surface area contributed by atoms with Crippen molar-refractivity contribution < 1.29 is 23.8 Å². The van der Waals surface area contributed by atoms with Crippen LogP contribution in [0.1, 0.15) is 32.3 Å². The van der Waals surface area contributed by atoms with Crippen LogP contribution in [0.5, 0.6) is 5.75 Å². The van der Waals surface area contributed by atoms with E-state index in [9.17, 15) is 19.5 Å². The van der Waals surface area contributed by atoms with E-state index in [0.717, 1.165) is 23.8 Å². The first kappa shape index (κ1) is 21.8. The summed E-state index contributed by atoms with van der Waals surface area (Å²) in [6.45, 7) is 3.57. The molecule has 0 aliphatic carbocycles. The van der Waals surface area contributed by atoms with Crippen molar-refractivity contribution in [3.05, 3.63) is 40.2 Å². The predicted molar refractivity (Wildman–Crippen MR) is 109 cm³/mol. The van der Waals surface area contributed by atoms with Gasteiger partial charge in [-0.25, -0.2) is 9.59 Å². The molecule has 0 radical (unpaired) electrons. The van der Waals surface area contributed by atoms with Crippen LogP contribution >= 0.6 is 11.8 Å². The fraction of sp³-hybridized carbons (Fsp3) is 0.450. The smallest absolute Gasteiger partial charge is 0.336 e. The molecule has 1 aromatic carbocycles. The molecule has 1 heterocycles. The maximum absolute atomic E-state index is 12.3. The Bertz CT molecular complexity index is 894. The molecular formula is C20H25NO6S. The van der Waals surface area contributed by atoms with Gasteiger partial charge in [0.15, 0.2) is 6.10 Å². The molecule has 0 aliphatic heterocycles. The van der Waals surface area contributed by atoms with Crippen LogP contribution in [0.4, 0.5) is 0 Å². The van der Waals surface area contributed by atoms with E-state index < -0.39 is 29.6 Å². The fourth-order valence-corrected chi connectivity index (χ4v) is 3.27. The number of aliphatic carboxylic acids is 1. The highest BCUT2D eigenvalue weighted by Crippen LogP contribution is 2.24. The SMILES string of the molecule is CCCc1cc(=O)oc2cc(O[C@@H](C)C(=O)N[C@@H](CCSC)C(=O)O)ccc12. The molecule has 2 rings (SSSR count). The van der Waals surface area contributed by atoms with Crippen molar-refractivity contribution in [2.75, 3.05) is 12.0 Å². The molecule has 0 bridgehead atoms. The summed E-state index contributed by atoms with van der Waals surface area (Å²) in [4.78, 5) is 35.3. The average Bonchev–Trinajstić information content (AvgIpc) is 2.64. The van der Waals surface area contributed by atoms with Gasteiger partial charge in [-0.1, -0.05) is 13.3 Å². The second-order valence-corrected chi connectivity index (χ2v) is 7.43. The number of aryl methyl sites for hydroxylation is 1. The van der Waals surface area contributed by atoms with Crippen LogP contribution in [0, 0.1) is 0 Å². The van der Waals surface area contributed by atoms with Gasteiger partial charge < -0.3 is 19.6 Å². The molecule has 0 aliphatic rings. The second kappa shape index (κ2) is 10.2. The molecule has 28 heavy (non-hydrogen) atoms. The molecule has 0 saturated heterocycles. The third-order valence-electron chi connectivity index (χ3n) is 4.23. The maximum atomic E-state index is 12.3. The maximum Gasteiger partial charge on any atom is 0.336 e. The monoisotopic (exact) mass is 407 g/mol. The summed E-state index contributed by atoms with van der Waals surface area (Å²) in [6.07, 6.45) is 2.95. The number of carboxylic acid groups (broad SMARTS) is 1. The lowest BCUT2D eigenvalue weighted by molar-refractivity contribution is -0.142. The van der Waals surface area contributed by atoms with Gasteiger partial charge in [0.1, 0.15) is 17.4 Å². The van der Waals surface area contributed by atoms with Crippen molar-refractivity contribution in [1.29, 1.82) is 0 Å². The average molecular weight is 407 g/mol. The van der Waals surface area contributed by atoms with E-state index in [2.05, 4.69) is 5.32 Å². The largest absolute Gasteiger partial charge is 0.481 e. The summed E-state index contributed by atoms with van der Waals surface area (Å²) >= 11 is 1.51. The number of ether oxygens (including phenoxy) is 1. The van der Waals surface area contributed by atoms with Crippen molar-refractivity contribution in [2.24, 2.45) is 0 Å². The van der Waals surface area contributed by atoms with Crippen LogP contribution in [0.3, 0.4) is 0 Å². The van der Waals surface area contributed by atoms with Crippen LogP contribution in [-0.2, 0) is 16.0 Å². The van der Waals surface area contributed by atoms with E-state index in [1.54, 1.807) is 18.2 Å². The highest BCUT2D eigenvalue weighted by molar-refractivity contribution is 7.98. The Hall–Kier alpha value is -2.48. The van der Waals surface area contributed by atoms with Crippen molar-refractivity contribution in [2.45, 2.75) is 45.3 Å². The summed E-state index contributed by atoms with van der Waals surface area (Å²) < 4.78 is 10.9. The Balaban J connectivity index is 2.13. The van der Waals surface area contributed by atoms with Crippen molar-refractivity contribution in [3.63, 3.8) is 0 Å². The molecule has 0 unspecified atom stereocenters. The van der Waals surface area contributed by atoms with Gasteiger partial charge in [-0.2, -0.15) is 11.8 Å². The third kappa shape index (κ3) is 5.76. The molecule has 8 heteroatoms. The molecule has 152 valence electrons. The highest BCUT2D eigenvalue weighted by Gasteiger charge is 2.23. The fourth-order valence-electron chi connectivity index (χ4n) is 2.80. The molecule has 7 nitrogen and oxygen atoms in total. The van der Waals surface area contributed by atoms with E-state index >= 15 is 0 Å². The van der Waals surface area contributed by atoms with Gasteiger partial charge in [0.2, 0.25) is 0 Å². The first-order valence-electron chi connectivity index (χ1n) is 9.11. The lowest BCUT2D eigenvalue weighted by Gasteiger charge is -2.19. The molecular weight excluding hydrogens is 382 g/mol. The summed E-state index contributed by atoms with van der Waals surface area (Å²) in [5.74, 6) is -0.612. The molecule has 1 amide bonds. The number of carbonyl (C=O) groups excluding carboxylic acids is 1. The lowest BCUT2D eigenvalue weighted by Crippen LogP contribution is -2.46. The Labute approximate surface area is 167 Å². The Morgan fingerprint density at radius 1 is 1.32 bits per heavy atom. The van der Waals surface area contributed by atoms with Gasteiger partial charge >= 0.3 is 11.6 Å². The standard InChI is InChI=1S/C20H25NO6S/c1-4-5-13-10-18(22)27-17-11-14(6-7-15(13)17)26-12(2)19(23)21-16(20(24)25)8-9-28-3/h6-7,10-12,16H,4-5,8-9H2,1-3H3,(H,21,23)(H,24,25)/t12-,16-/m0/s1. The zero-order valence-electron chi connectivity index (χ0n) is 16.2. The van der Waals surface area contributed by atoms with Gasteiger partial charge in [0.05, 0.1) is 0 Å². The number of carboxylic acids is 1. The molecule has 2 aromatic rings. The zero-order valence-corrected chi connectivity index (χ0v) is 17.0. The van der Waals surface area contributed by atoms with Crippen LogP contribution in [0.15, 0.2) is 33.5 Å². The van der Waals surface area contributed by atoms with E-state index in [1.165, 1.54) is 24.8 Å². The van der Waals surface area contributed by atoms with Crippen molar-refractivity contribution >= 4 is 34.6 Å². The Morgan fingerprint density at radius 2 is 2.07 bits per heavy atom. The number of thioether (sulfide) groups is 1. The number of benzene rings is 1. The summed E-state index contributed by atoms with van der Waals surface area (Å²) in [6, 6.07) is 5.60. The Morgan fingerprint density at radius 3 is 2.71 bits per heavy atom. The van der Waals surface area contributed by atoms with Crippen molar-refractivity contribution in [1.82, 2.24) is 5.32 Å². The first-order chi connectivity index (χ1) is 13.3. The number of hydrogen-bond donors (Lipinski definition) is 2. The van der Waals surface area contributed by atoms with Gasteiger partial charge in [-0.15, -0.1) is 0 Å². The van der Waals surface area contributed by atoms with Crippen LogP contribution in [-0.4, -0.2) is 41.1 Å². The third-order valence-corrected chi connectivity index (χ3v) is 4.87. The summed E-state index contributed by atoms with van der Waals surface area (Å²) in [5, 5.41) is 12.5. The normalized spacial score (nSPS) is 13.1. The van der Waals surface area contributed by atoms with Gasteiger partial charge in [-0.3, -0.25) is 4.79 Å². The van der Waals surface area contributed by atoms with Crippen LogP contribution < -0.4 is 15.7 Å². The highest BCUT2D eigenvalue weighted by atomic mass is 32.2. The van der Waals surface area contributed by atoms with Gasteiger partial charge in [-0.05, 0) is 49.5 Å². The molecule has 2 atom stereocenters. The number of rotatable bonds is 10. The minimum absolute atomic E-state index is 0.330. The van der Waals surface area contributed by atoms with E-state index in [0.29, 0.717) is 23.5 Å². The number of hydrogen-bond acceptors (Lipinski definition) is 6. The Kier molecular flexibility index (Phi) is 7.92. The topological polar surface area (TPSA) is 106 Å². The number of carbonyl (C=O) groups is 2. The van der Waals surface area contributed by atoms with Crippen molar-refractivity contribution in [3.8, 4) is 5.75 Å². The predicted octanol–water partition coefficient (Wildman–Crippen LogP) is 2.84. The minimum atomic E-state index is -1.08. The molecule has 1 aromatic heterocycles. The van der Waals surface area contributed by atoms with Gasteiger partial charge in [0.25, 0.3) is 5.91 Å². The number of nitrogens with one attached hydrogen (secondary N) is 1. The molecule has 2 N–H and O–H groups in total. The second-order valence-electron chi connectivity index (χ2n) is 6.44. The first-order valence-corrected chi connectivity index (χ1v) is 10.5. The van der Waals surface area contributed by atoms with E-state index in [1.807, 2.05) is 13.2 Å². The number of amides is 1. The summed E-state index contributed by atoms with van der Waals surface area (Å²) in [7, 11) is 0. The van der Waals surface area contributed by atoms with Crippen LogP contribution in [0.25, 0.3) is 11.0 Å². The summed E-state index contributed by atoms with van der Waals surface area (Å²) in [5.41, 5.74) is 0.866. The zero-order chi connectivity index (χ0) is 20.7. The molecule has 0 fully saturated rings. The quantitative estimate of drug-likeness (QED) is 0.583. The molecule has 0 saturated carbocycles. The number of fused-ring (bicyclic) bond motifs is 1. The van der Waals surface area contributed by atoms with E-state index in [-0.39, 0.29) is 0 Å². The minimum Gasteiger partial charge on any atom is -0.481 e. The van der Waals surface area contributed by atoms with E-state index in [4.69, 9.17) is 9.15 Å². The van der Waals surface area contributed by atoms with Gasteiger partial charge in [0, 0.05) is 17.5 Å². The lowest BCUT2D eigenvalue weighted by atomic mass is 10.1. The molecule has 0 spiro atoms.